The van der Waals surface area contributed by atoms with Crippen molar-refractivity contribution in [2.45, 2.75) is 24.8 Å². The van der Waals surface area contributed by atoms with Crippen molar-refractivity contribution in [2.75, 3.05) is 6.54 Å². The highest BCUT2D eigenvalue weighted by Gasteiger charge is 2.32. The molecule has 1 aliphatic rings. The molecule has 17 heavy (non-hydrogen) atoms. The molecule has 94 valence electrons. The normalized spacial score (nSPS) is 16.5. The largest absolute Gasteiger partial charge is 0.350 e. The van der Waals surface area contributed by atoms with Gasteiger partial charge in [0.15, 0.2) is 0 Å². The lowest BCUT2D eigenvalue weighted by Gasteiger charge is -2.38. The summed E-state index contributed by atoms with van der Waals surface area (Å²) in [6, 6.07) is 2.83. The summed E-state index contributed by atoms with van der Waals surface area (Å²) in [4.78, 5) is 24.9. The number of pyridine rings is 1. The van der Waals surface area contributed by atoms with E-state index >= 15 is 0 Å². The van der Waals surface area contributed by atoms with Crippen LogP contribution in [0.5, 0.6) is 0 Å². The van der Waals surface area contributed by atoms with Crippen LogP contribution in [-0.2, 0) is 0 Å². The van der Waals surface area contributed by atoms with Crippen LogP contribution in [0.25, 0.3) is 0 Å². The first-order valence-corrected chi connectivity index (χ1v) is 5.35. The van der Waals surface area contributed by atoms with Gasteiger partial charge in [-0.15, -0.1) is 12.4 Å². The standard InChI is InChI=1S/C11H15N3O2.ClH/c12-11(4-1-5-11)7-14-10(16)8-2-3-9(15)13-6-8;/h2-3,6H,1,4-5,7,12H2,(H,13,15)(H,14,16);1H. The maximum Gasteiger partial charge on any atom is 0.252 e. The molecular formula is C11H16ClN3O2. The predicted molar refractivity (Wildman–Crippen MR) is 67.4 cm³/mol. The number of halogens is 1. The lowest BCUT2D eigenvalue weighted by atomic mass is 9.78. The third kappa shape index (κ3) is 3.31. The molecule has 1 fully saturated rings. The highest BCUT2D eigenvalue weighted by atomic mass is 35.5. The van der Waals surface area contributed by atoms with Gasteiger partial charge in [-0.3, -0.25) is 9.59 Å². The molecule has 0 atom stereocenters. The fourth-order valence-electron chi connectivity index (χ4n) is 1.72. The van der Waals surface area contributed by atoms with E-state index in [1.165, 1.54) is 18.3 Å². The Kier molecular flexibility index (Phi) is 4.31. The smallest absolute Gasteiger partial charge is 0.252 e. The second kappa shape index (κ2) is 5.33. The monoisotopic (exact) mass is 257 g/mol. The number of carbonyl (C=O) groups excluding carboxylic acids is 1. The molecule has 1 aromatic heterocycles. The fourth-order valence-corrected chi connectivity index (χ4v) is 1.72. The number of aromatic nitrogens is 1. The Morgan fingerprint density at radius 3 is 2.65 bits per heavy atom. The number of hydrogen-bond acceptors (Lipinski definition) is 3. The van der Waals surface area contributed by atoms with Gasteiger partial charge in [0.05, 0.1) is 5.56 Å². The number of aromatic amines is 1. The quantitative estimate of drug-likeness (QED) is 0.733. The van der Waals surface area contributed by atoms with Crippen LogP contribution in [0.1, 0.15) is 29.6 Å². The van der Waals surface area contributed by atoms with Gasteiger partial charge in [-0.2, -0.15) is 0 Å². The Morgan fingerprint density at radius 1 is 1.47 bits per heavy atom. The Morgan fingerprint density at radius 2 is 2.18 bits per heavy atom. The van der Waals surface area contributed by atoms with Crippen molar-refractivity contribution in [1.29, 1.82) is 0 Å². The molecule has 1 heterocycles. The molecule has 1 saturated carbocycles. The van der Waals surface area contributed by atoms with E-state index in [2.05, 4.69) is 10.3 Å². The minimum atomic E-state index is -0.224. The minimum absolute atomic E-state index is 0. The third-order valence-electron chi connectivity index (χ3n) is 3.00. The predicted octanol–water partition coefficient (Wildman–Crippen LogP) is 0.408. The van der Waals surface area contributed by atoms with Gasteiger partial charge in [-0.25, -0.2) is 0 Å². The van der Waals surface area contributed by atoms with E-state index in [0.29, 0.717) is 12.1 Å². The molecule has 6 heteroatoms. The van der Waals surface area contributed by atoms with E-state index in [4.69, 9.17) is 5.73 Å². The van der Waals surface area contributed by atoms with Crippen LogP contribution in [0.2, 0.25) is 0 Å². The second-order valence-corrected chi connectivity index (χ2v) is 4.34. The lowest BCUT2D eigenvalue weighted by molar-refractivity contribution is 0.0929. The molecule has 2 rings (SSSR count). The zero-order chi connectivity index (χ0) is 11.6. The van der Waals surface area contributed by atoms with E-state index in [1.807, 2.05) is 0 Å². The molecule has 0 saturated heterocycles. The average molecular weight is 258 g/mol. The molecule has 0 unspecified atom stereocenters. The maximum absolute atomic E-state index is 11.7. The molecule has 1 aliphatic carbocycles. The highest BCUT2D eigenvalue weighted by molar-refractivity contribution is 5.93. The summed E-state index contributed by atoms with van der Waals surface area (Å²) in [6.45, 7) is 0.491. The van der Waals surface area contributed by atoms with Crippen molar-refractivity contribution < 1.29 is 4.79 Å². The number of hydrogen-bond donors (Lipinski definition) is 3. The first-order chi connectivity index (χ1) is 7.59. The van der Waals surface area contributed by atoms with E-state index in [-0.39, 0.29) is 29.4 Å². The van der Waals surface area contributed by atoms with Crippen LogP contribution < -0.4 is 16.6 Å². The number of H-pyrrole nitrogens is 1. The molecule has 0 bridgehead atoms. The SMILES string of the molecule is Cl.NC1(CNC(=O)c2ccc(=O)[nH]c2)CCC1. The molecule has 0 aromatic carbocycles. The van der Waals surface area contributed by atoms with E-state index in [9.17, 15) is 9.59 Å². The van der Waals surface area contributed by atoms with Gasteiger partial charge in [-0.05, 0) is 25.3 Å². The third-order valence-corrected chi connectivity index (χ3v) is 3.00. The summed E-state index contributed by atoms with van der Waals surface area (Å²) in [5.74, 6) is -0.201. The first kappa shape index (κ1) is 13.7. The average Bonchev–Trinajstić information content (AvgIpc) is 2.24. The number of rotatable bonds is 3. The number of carbonyl (C=O) groups is 1. The van der Waals surface area contributed by atoms with Crippen LogP contribution in [0.4, 0.5) is 0 Å². The Balaban J connectivity index is 0.00000144. The van der Waals surface area contributed by atoms with Crippen molar-refractivity contribution in [2.24, 2.45) is 5.73 Å². The first-order valence-electron chi connectivity index (χ1n) is 5.35. The second-order valence-electron chi connectivity index (χ2n) is 4.34. The van der Waals surface area contributed by atoms with Crippen LogP contribution >= 0.6 is 12.4 Å². The summed E-state index contributed by atoms with van der Waals surface area (Å²) in [5.41, 5.74) is 5.99. The van der Waals surface area contributed by atoms with Crippen LogP contribution in [0.3, 0.4) is 0 Å². The summed E-state index contributed by atoms with van der Waals surface area (Å²) >= 11 is 0. The van der Waals surface area contributed by atoms with Gasteiger partial charge in [0.2, 0.25) is 5.56 Å². The Hall–Kier alpha value is -1.33. The number of amides is 1. The molecule has 0 aliphatic heterocycles. The molecule has 0 spiro atoms. The van der Waals surface area contributed by atoms with Gasteiger partial charge in [-0.1, -0.05) is 0 Å². The van der Waals surface area contributed by atoms with Crippen LogP contribution in [0, 0.1) is 0 Å². The lowest BCUT2D eigenvalue weighted by Crippen LogP contribution is -2.54. The van der Waals surface area contributed by atoms with Crippen molar-refractivity contribution in [3.05, 3.63) is 34.2 Å². The molecule has 1 amide bonds. The van der Waals surface area contributed by atoms with E-state index in [1.54, 1.807) is 0 Å². The van der Waals surface area contributed by atoms with Crippen LogP contribution in [-0.4, -0.2) is 23.0 Å². The topological polar surface area (TPSA) is 88.0 Å². The van der Waals surface area contributed by atoms with Crippen molar-refractivity contribution in [1.82, 2.24) is 10.3 Å². The molecular weight excluding hydrogens is 242 g/mol. The Bertz CT molecular complexity index is 434. The maximum atomic E-state index is 11.7. The molecule has 4 N–H and O–H groups in total. The van der Waals surface area contributed by atoms with E-state index in [0.717, 1.165) is 19.3 Å². The summed E-state index contributed by atoms with van der Waals surface area (Å²) < 4.78 is 0. The van der Waals surface area contributed by atoms with Gasteiger partial charge in [0, 0.05) is 24.3 Å². The van der Waals surface area contributed by atoms with Gasteiger partial charge in [0.1, 0.15) is 0 Å². The van der Waals surface area contributed by atoms with Gasteiger partial charge < -0.3 is 16.0 Å². The van der Waals surface area contributed by atoms with Crippen molar-refractivity contribution >= 4 is 18.3 Å². The number of nitrogens with two attached hydrogens (primary N) is 1. The van der Waals surface area contributed by atoms with Crippen LogP contribution in [0.15, 0.2) is 23.1 Å². The highest BCUT2D eigenvalue weighted by Crippen LogP contribution is 2.28. The zero-order valence-corrected chi connectivity index (χ0v) is 10.2. The molecule has 0 radical (unpaired) electrons. The summed E-state index contributed by atoms with van der Waals surface area (Å²) in [6.07, 6.45) is 4.45. The fraction of sp³-hybridized carbons (Fsp3) is 0.455. The molecule has 5 nitrogen and oxygen atoms in total. The Labute approximate surface area is 105 Å². The van der Waals surface area contributed by atoms with Crippen molar-refractivity contribution in [3.8, 4) is 0 Å². The summed E-state index contributed by atoms with van der Waals surface area (Å²) in [5, 5.41) is 2.77. The summed E-state index contributed by atoms with van der Waals surface area (Å²) in [7, 11) is 0. The van der Waals surface area contributed by atoms with E-state index < -0.39 is 0 Å². The minimum Gasteiger partial charge on any atom is -0.350 e. The van der Waals surface area contributed by atoms with Gasteiger partial charge >= 0.3 is 0 Å². The zero-order valence-electron chi connectivity index (χ0n) is 9.36. The van der Waals surface area contributed by atoms with Gasteiger partial charge in [0.25, 0.3) is 5.91 Å². The van der Waals surface area contributed by atoms with Crippen molar-refractivity contribution in [3.63, 3.8) is 0 Å². The molecule has 1 aromatic rings. The number of nitrogens with one attached hydrogen (secondary N) is 2.